The summed E-state index contributed by atoms with van der Waals surface area (Å²) in [6.45, 7) is 1.98. The van der Waals surface area contributed by atoms with Gasteiger partial charge in [0.15, 0.2) is 0 Å². The Labute approximate surface area is 117 Å². The zero-order valence-electron chi connectivity index (χ0n) is 10.7. The molecule has 19 heavy (non-hydrogen) atoms. The van der Waals surface area contributed by atoms with Crippen molar-refractivity contribution in [3.63, 3.8) is 0 Å². The molecule has 0 bridgehead atoms. The maximum atomic E-state index is 8.82. The van der Waals surface area contributed by atoms with Crippen molar-refractivity contribution < 1.29 is 4.74 Å². The van der Waals surface area contributed by atoms with E-state index >= 15 is 0 Å². The number of halogens is 1. The van der Waals surface area contributed by atoms with Crippen LogP contribution in [0.15, 0.2) is 36.4 Å². The number of rotatable bonds is 3. The second-order valence-corrected chi connectivity index (χ2v) is 4.52. The minimum Gasteiger partial charge on any atom is -0.496 e. The molecule has 0 aliphatic carbocycles. The summed E-state index contributed by atoms with van der Waals surface area (Å²) in [5.41, 5.74) is 3.30. The van der Waals surface area contributed by atoms with Gasteiger partial charge in [-0.25, -0.2) is 0 Å². The number of aryl methyl sites for hydroxylation is 1. The maximum Gasteiger partial charge on any atom is 0.121 e. The third kappa shape index (κ3) is 2.98. The van der Waals surface area contributed by atoms with E-state index in [4.69, 9.17) is 21.6 Å². The van der Waals surface area contributed by atoms with Crippen LogP contribution in [0.5, 0.6) is 5.75 Å². The number of hydrogen-bond acceptors (Lipinski definition) is 3. The van der Waals surface area contributed by atoms with E-state index in [-0.39, 0.29) is 0 Å². The highest BCUT2D eigenvalue weighted by Gasteiger charge is 2.03. The molecule has 0 radical (unpaired) electrons. The van der Waals surface area contributed by atoms with Crippen LogP contribution in [0.1, 0.15) is 11.1 Å². The van der Waals surface area contributed by atoms with Crippen molar-refractivity contribution >= 4 is 23.0 Å². The number of nitriles is 1. The van der Waals surface area contributed by atoms with E-state index in [1.165, 1.54) is 0 Å². The van der Waals surface area contributed by atoms with Crippen LogP contribution >= 0.6 is 11.6 Å². The Hall–Kier alpha value is -2.18. The Balaban J connectivity index is 2.24. The standard InChI is InChI=1S/C15H13ClN2O/c1-10-7-12(5-6-15(10)19-2)18-13-4-3-11(9-17)14(16)8-13/h3-8,18H,1-2H3. The predicted octanol–water partition coefficient (Wildman–Crippen LogP) is 4.27. The number of nitrogens with zero attached hydrogens (tertiary/aromatic N) is 1. The number of ether oxygens (including phenoxy) is 1. The van der Waals surface area contributed by atoms with Crippen molar-refractivity contribution in [2.24, 2.45) is 0 Å². The second-order valence-electron chi connectivity index (χ2n) is 4.12. The van der Waals surface area contributed by atoms with Gasteiger partial charge in [-0.05, 0) is 48.9 Å². The van der Waals surface area contributed by atoms with Crippen molar-refractivity contribution in [2.45, 2.75) is 6.92 Å². The Kier molecular flexibility index (Phi) is 3.94. The number of methoxy groups -OCH3 is 1. The van der Waals surface area contributed by atoms with Gasteiger partial charge in [0, 0.05) is 11.4 Å². The van der Waals surface area contributed by atoms with Crippen LogP contribution in [0.2, 0.25) is 5.02 Å². The molecule has 1 N–H and O–H groups in total. The zero-order chi connectivity index (χ0) is 13.8. The lowest BCUT2D eigenvalue weighted by atomic mass is 10.2. The highest BCUT2D eigenvalue weighted by atomic mass is 35.5. The number of anilines is 2. The van der Waals surface area contributed by atoms with E-state index in [1.54, 1.807) is 19.2 Å². The van der Waals surface area contributed by atoms with Crippen molar-refractivity contribution in [1.29, 1.82) is 5.26 Å². The fourth-order valence-electron chi connectivity index (χ4n) is 1.81. The van der Waals surface area contributed by atoms with Crippen LogP contribution in [0, 0.1) is 18.3 Å². The smallest absolute Gasteiger partial charge is 0.121 e. The summed E-state index contributed by atoms with van der Waals surface area (Å²) in [5.74, 6) is 0.850. The van der Waals surface area contributed by atoms with Gasteiger partial charge in [0.25, 0.3) is 0 Å². The van der Waals surface area contributed by atoms with Crippen molar-refractivity contribution in [2.75, 3.05) is 12.4 Å². The summed E-state index contributed by atoms with van der Waals surface area (Å²) >= 11 is 5.99. The molecule has 0 aromatic heterocycles. The van der Waals surface area contributed by atoms with E-state index < -0.39 is 0 Å². The molecule has 0 heterocycles. The van der Waals surface area contributed by atoms with E-state index in [9.17, 15) is 0 Å². The molecule has 0 fully saturated rings. The lowest BCUT2D eigenvalue weighted by Gasteiger charge is -2.10. The molecule has 0 saturated heterocycles. The van der Waals surface area contributed by atoms with Gasteiger partial charge in [-0.15, -0.1) is 0 Å². The third-order valence-corrected chi connectivity index (χ3v) is 3.09. The highest BCUT2D eigenvalue weighted by Crippen LogP contribution is 2.26. The van der Waals surface area contributed by atoms with Gasteiger partial charge in [-0.2, -0.15) is 5.26 Å². The zero-order valence-corrected chi connectivity index (χ0v) is 11.5. The first-order valence-corrected chi connectivity index (χ1v) is 6.13. The van der Waals surface area contributed by atoms with Gasteiger partial charge in [0.1, 0.15) is 11.8 Å². The quantitative estimate of drug-likeness (QED) is 0.907. The van der Waals surface area contributed by atoms with E-state index in [0.717, 1.165) is 22.7 Å². The Morgan fingerprint density at radius 2 is 1.84 bits per heavy atom. The summed E-state index contributed by atoms with van der Waals surface area (Å²) in [7, 11) is 1.65. The van der Waals surface area contributed by atoms with Gasteiger partial charge in [-0.1, -0.05) is 11.6 Å². The largest absolute Gasteiger partial charge is 0.496 e. The fraction of sp³-hybridized carbons (Fsp3) is 0.133. The first-order valence-electron chi connectivity index (χ1n) is 5.75. The van der Waals surface area contributed by atoms with E-state index in [0.29, 0.717) is 10.6 Å². The van der Waals surface area contributed by atoms with E-state index in [2.05, 4.69) is 5.32 Å². The first-order chi connectivity index (χ1) is 9.13. The topological polar surface area (TPSA) is 45.0 Å². The Bertz CT molecular complexity index is 647. The Morgan fingerprint density at radius 1 is 1.16 bits per heavy atom. The van der Waals surface area contributed by atoms with Crippen molar-refractivity contribution in [1.82, 2.24) is 0 Å². The van der Waals surface area contributed by atoms with Crippen molar-refractivity contribution in [3.8, 4) is 11.8 Å². The normalized spacial score (nSPS) is 9.79. The molecular weight excluding hydrogens is 260 g/mol. The molecule has 0 atom stereocenters. The molecule has 0 spiro atoms. The monoisotopic (exact) mass is 272 g/mol. The third-order valence-electron chi connectivity index (χ3n) is 2.77. The van der Waals surface area contributed by atoms with Gasteiger partial charge in [0.2, 0.25) is 0 Å². The molecule has 3 nitrogen and oxygen atoms in total. The molecule has 0 amide bonds. The lowest BCUT2D eigenvalue weighted by molar-refractivity contribution is 0.412. The summed E-state index contributed by atoms with van der Waals surface area (Å²) in [4.78, 5) is 0. The minimum absolute atomic E-state index is 0.442. The molecule has 0 aliphatic rings. The summed E-state index contributed by atoms with van der Waals surface area (Å²) in [6, 6.07) is 13.1. The average Bonchev–Trinajstić information content (AvgIpc) is 2.39. The predicted molar refractivity (Wildman–Crippen MR) is 77.2 cm³/mol. The van der Waals surface area contributed by atoms with Gasteiger partial charge >= 0.3 is 0 Å². The molecule has 96 valence electrons. The molecule has 0 saturated carbocycles. The molecule has 0 aliphatic heterocycles. The average molecular weight is 273 g/mol. The van der Waals surface area contributed by atoms with Crippen LogP contribution in [0.25, 0.3) is 0 Å². The molecule has 4 heteroatoms. The summed E-state index contributed by atoms with van der Waals surface area (Å²) < 4.78 is 5.21. The number of hydrogen-bond donors (Lipinski definition) is 1. The highest BCUT2D eigenvalue weighted by molar-refractivity contribution is 6.32. The van der Waals surface area contributed by atoms with E-state index in [1.807, 2.05) is 37.3 Å². The minimum atomic E-state index is 0.442. The maximum absolute atomic E-state index is 8.82. The van der Waals surface area contributed by atoms with Gasteiger partial charge in [-0.3, -0.25) is 0 Å². The molecule has 0 unspecified atom stereocenters. The summed E-state index contributed by atoms with van der Waals surface area (Å²) in [5, 5.41) is 12.5. The van der Waals surface area contributed by atoms with Crippen LogP contribution in [0.4, 0.5) is 11.4 Å². The van der Waals surface area contributed by atoms with Gasteiger partial charge < -0.3 is 10.1 Å². The van der Waals surface area contributed by atoms with Crippen LogP contribution in [-0.2, 0) is 0 Å². The van der Waals surface area contributed by atoms with Crippen molar-refractivity contribution in [3.05, 3.63) is 52.5 Å². The first kappa shape index (κ1) is 13.3. The van der Waals surface area contributed by atoms with Gasteiger partial charge in [0.05, 0.1) is 17.7 Å². The molecule has 2 rings (SSSR count). The van der Waals surface area contributed by atoms with Crippen LogP contribution in [0.3, 0.4) is 0 Å². The number of benzene rings is 2. The molecule has 2 aromatic rings. The molecular formula is C15H13ClN2O. The summed E-state index contributed by atoms with van der Waals surface area (Å²) in [6.07, 6.45) is 0. The second kappa shape index (κ2) is 5.64. The van der Waals surface area contributed by atoms with Crippen LogP contribution in [-0.4, -0.2) is 7.11 Å². The molecule has 2 aromatic carbocycles. The SMILES string of the molecule is COc1ccc(Nc2ccc(C#N)c(Cl)c2)cc1C. The number of nitrogens with one attached hydrogen (secondary N) is 1. The fourth-order valence-corrected chi connectivity index (χ4v) is 2.03. The van der Waals surface area contributed by atoms with Crippen LogP contribution < -0.4 is 10.1 Å². The Morgan fingerprint density at radius 3 is 2.42 bits per heavy atom. The lowest BCUT2D eigenvalue weighted by Crippen LogP contribution is -1.93.